The first-order valence-electron chi connectivity index (χ1n) is 3.89. The maximum atomic E-state index is 10.6. The van der Waals surface area contributed by atoms with Gasteiger partial charge in [0.2, 0.25) is 0 Å². The summed E-state index contributed by atoms with van der Waals surface area (Å²) in [5.41, 5.74) is 0.124. The molecule has 13 heavy (non-hydrogen) atoms. The second-order valence-electron chi connectivity index (χ2n) is 2.81. The summed E-state index contributed by atoms with van der Waals surface area (Å²) in [5, 5.41) is 8.55. The van der Waals surface area contributed by atoms with Crippen molar-refractivity contribution >= 4 is 11.8 Å². The van der Waals surface area contributed by atoms with Crippen LogP contribution in [0.2, 0.25) is 0 Å². The van der Waals surface area contributed by atoms with E-state index in [1.165, 1.54) is 19.3 Å². The summed E-state index contributed by atoms with van der Waals surface area (Å²) in [6.45, 7) is 1.49. The Morgan fingerprint density at radius 3 is 2.69 bits per heavy atom. The number of ketones is 1. The third kappa shape index (κ3) is 2.74. The van der Waals surface area contributed by atoms with Gasteiger partial charge >= 0.3 is 5.97 Å². The molecule has 1 rings (SSSR count). The summed E-state index contributed by atoms with van der Waals surface area (Å²) in [6.07, 6.45) is 2.02. The van der Waals surface area contributed by atoms with Crippen LogP contribution < -0.4 is 0 Å². The van der Waals surface area contributed by atoms with Gasteiger partial charge in [-0.15, -0.1) is 0 Å². The Morgan fingerprint density at radius 2 is 2.23 bits per heavy atom. The van der Waals surface area contributed by atoms with Crippen molar-refractivity contribution in [3.05, 3.63) is 23.7 Å². The van der Waals surface area contributed by atoms with Gasteiger partial charge in [-0.1, -0.05) is 0 Å². The SMILES string of the molecule is CC(=O)CCc1cc(C(=O)O)co1. The van der Waals surface area contributed by atoms with Gasteiger partial charge in [-0.2, -0.15) is 0 Å². The first-order chi connectivity index (χ1) is 6.09. The average molecular weight is 182 g/mol. The number of hydrogen-bond donors (Lipinski definition) is 1. The third-order valence-corrected chi connectivity index (χ3v) is 1.62. The lowest BCUT2D eigenvalue weighted by molar-refractivity contribution is -0.117. The fourth-order valence-corrected chi connectivity index (χ4v) is 0.923. The Balaban J connectivity index is 2.59. The zero-order valence-electron chi connectivity index (χ0n) is 7.24. The van der Waals surface area contributed by atoms with Crippen LogP contribution in [-0.2, 0) is 11.2 Å². The highest BCUT2D eigenvalue weighted by Gasteiger charge is 2.08. The molecule has 0 saturated carbocycles. The predicted octanol–water partition coefficient (Wildman–Crippen LogP) is 1.50. The highest BCUT2D eigenvalue weighted by Crippen LogP contribution is 2.09. The molecule has 0 radical (unpaired) electrons. The smallest absolute Gasteiger partial charge is 0.338 e. The zero-order chi connectivity index (χ0) is 9.84. The minimum atomic E-state index is -1.02. The van der Waals surface area contributed by atoms with E-state index in [2.05, 4.69) is 0 Å². The van der Waals surface area contributed by atoms with Crippen molar-refractivity contribution in [2.24, 2.45) is 0 Å². The highest BCUT2D eigenvalue weighted by atomic mass is 16.4. The summed E-state index contributed by atoms with van der Waals surface area (Å²) < 4.78 is 4.94. The topological polar surface area (TPSA) is 67.5 Å². The summed E-state index contributed by atoms with van der Waals surface area (Å²) in [5.74, 6) is -0.418. The number of carboxylic acids is 1. The van der Waals surface area contributed by atoms with E-state index < -0.39 is 5.97 Å². The molecule has 4 nitrogen and oxygen atoms in total. The van der Waals surface area contributed by atoms with Crippen molar-refractivity contribution in [1.29, 1.82) is 0 Å². The number of aromatic carboxylic acids is 1. The molecule has 0 saturated heterocycles. The molecule has 70 valence electrons. The second kappa shape index (κ2) is 3.89. The molecule has 1 aromatic heterocycles. The molecule has 1 N–H and O–H groups in total. The molecule has 0 fully saturated rings. The number of Topliss-reactive ketones (excluding diaryl/α,β-unsaturated/α-hetero) is 1. The first kappa shape index (κ1) is 9.51. The van der Waals surface area contributed by atoms with E-state index >= 15 is 0 Å². The van der Waals surface area contributed by atoms with Crippen LogP contribution >= 0.6 is 0 Å². The van der Waals surface area contributed by atoms with Gasteiger partial charge < -0.3 is 14.3 Å². The Labute approximate surface area is 75.2 Å². The number of furan rings is 1. The zero-order valence-corrected chi connectivity index (χ0v) is 7.24. The Bertz CT molecular complexity index is 324. The lowest BCUT2D eigenvalue weighted by Crippen LogP contribution is -1.94. The number of aryl methyl sites for hydroxylation is 1. The molecule has 0 atom stereocenters. The third-order valence-electron chi connectivity index (χ3n) is 1.62. The van der Waals surface area contributed by atoms with Crippen LogP contribution in [0.4, 0.5) is 0 Å². The summed E-state index contributed by atoms with van der Waals surface area (Å²) >= 11 is 0. The molecule has 0 aliphatic heterocycles. The fraction of sp³-hybridized carbons (Fsp3) is 0.333. The molecule has 0 spiro atoms. The van der Waals surface area contributed by atoms with Crippen LogP contribution in [-0.4, -0.2) is 16.9 Å². The molecule has 0 aromatic carbocycles. The molecule has 0 unspecified atom stereocenters. The fourth-order valence-electron chi connectivity index (χ4n) is 0.923. The van der Waals surface area contributed by atoms with E-state index in [0.29, 0.717) is 18.6 Å². The van der Waals surface area contributed by atoms with Crippen molar-refractivity contribution in [3.8, 4) is 0 Å². The predicted molar refractivity (Wildman–Crippen MR) is 44.7 cm³/mol. The van der Waals surface area contributed by atoms with Crippen LogP contribution in [0.1, 0.15) is 29.5 Å². The molecule has 0 aliphatic carbocycles. The monoisotopic (exact) mass is 182 g/mol. The van der Waals surface area contributed by atoms with Gasteiger partial charge in [0.15, 0.2) is 0 Å². The van der Waals surface area contributed by atoms with Crippen molar-refractivity contribution in [2.45, 2.75) is 19.8 Å². The second-order valence-corrected chi connectivity index (χ2v) is 2.81. The Morgan fingerprint density at radius 1 is 1.54 bits per heavy atom. The van der Waals surface area contributed by atoms with E-state index in [0.717, 1.165) is 0 Å². The van der Waals surface area contributed by atoms with Crippen molar-refractivity contribution in [1.82, 2.24) is 0 Å². The van der Waals surface area contributed by atoms with Crippen molar-refractivity contribution < 1.29 is 19.1 Å². The van der Waals surface area contributed by atoms with Crippen LogP contribution in [0.5, 0.6) is 0 Å². The lowest BCUT2D eigenvalue weighted by atomic mass is 10.2. The van der Waals surface area contributed by atoms with Crippen LogP contribution in [0.3, 0.4) is 0 Å². The van der Waals surface area contributed by atoms with E-state index in [1.807, 2.05) is 0 Å². The van der Waals surface area contributed by atoms with E-state index in [9.17, 15) is 9.59 Å². The minimum Gasteiger partial charge on any atom is -0.478 e. The molecular weight excluding hydrogens is 172 g/mol. The van der Waals surface area contributed by atoms with E-state index in [-0.39, 0.29) is 11.3 Å². The Hall–Kier alpha value is -1.58. The Kier molecular flexibility index (Phi) is 2.84. The van der Waals surface area contributed by atoms with E-state index in [4.69, 9.17) is 9.52 Å². The van der Waals surface area contributed by atoms with Crippen molar-refractivity contribution in [3.63, 3.8) is 0 Å². The van der Waals surface area contributed by atoms with Crippen LogP contribution in [0.15, 0.2) is 16.7 Å². The minimum absolute atomic E-state index is 0.0632. The quantitative estimate of drug-likeness (QED) is 0.766. The molecule has 1 heterocycles. The molecule has 0 aliphatic rings. The maximum absolute atomic E-state index is 10.6. The average Bonchev–Trinajstić information content (AvgIpc) is 2.48. The number of hydrogen-bond acceptors (Lipinski definition) is 3. The number of carbonyl (C=O) groups is 2. The lowest BCUT2D eigenvalue weighted by Gasteiger charge is -1.90. The van der Waals surface area contributed by atoms with Gasteiger partial charge in [0.05, 0.1) is 5.56 Å². The first-order valence-corrected chi connectivity index (χ1v) is 3.89. The van der Waals surface area contributed by atoms with Gasteiger partial charge in [0, 0.05) is 12.8 Å². The van der Waals surface area contributed by atoms with Gasteiger partial charge in [0.25, 0.3) is 0 Å². The van der Waals surface area contributed by atoms with Gasteiger partial charge in [-0.25, -0.2) is 4.79 Å². The summed E-state index contributed by atoms with van der Waals surface area (Å²) in [7, 11) is 0. The molecular formula is C9H10O4. The standard InChI is InChI=1S/C9H10O4/c1-6(10)2-3-8-4-7(5-13-8)9(11)12/h4-5H,2-3H2,1H3,(H,11,12). The van der Waals surface area contributed by atoms with Crippen molar-refractivity contribution in [2.75, 3.05) is 0 Å². The highest BCUT2D eigenvalue weighted by molar-refractivity contribution is 5.87. The van der Waals surface area contributed by atoms with Gasteiger partial charge in [0.1, 0.15) is 17.8 Å². The summed E-state index contributed by atoms with van der Waals surface area (Å²) in [6, 6.07) is 1.44. The molecule has 0 bridgehead atoms. The molecule has 4 heteroatoms. The number of rotatable bonds is 4. The van der Waals surface area contributed by atoms with Crippen LogP contribution in [0, 0.1) is 0 Å². The normalized spacial score (nSPS) is 9.92. The maximum Gasteiger partial charge on any atom is 0.338 e. The summed E-state index contributed by atoms with van der Waals surface area (Å²) in [4.78, 5) is 21.0. The van der Waals surface area contributed by atoms with E-state index in [1.54, 1.807) is 0 Å². The largest absolute Gasteiger partial charge is 0.478 e. The molecule has 0 amide bonds. The van der Waals surface area contributed by atoms with Gasteiger partial charge in [-0.3, -0.25) is 0 Å². The molecule has 1 aromatic rings. The van der Waals surface area contributed by atoms with Crippen LogP contribution in [0.25, 0.3) is 0 Å². The number of carbonyl (C=O) groups excluding carboxylic acids is 1. The number of carboxylic acid groups (broad SMARTS) is 1. The van der Waals surface area contributed by atoms with Gasteiger partial charge in [-0.05, 0) is 13.0 Å².